The van der Waals surface area contributed by atoms with Gasteiger partial charge in [0.1, 0.15) is 23.0 Å². The van der Waals surface area contributed by atoms with E-state index in [1.54, 1.807) is 24.4 Å². The SMILES string of the molecule is C=CCn1cnc2c(c1=O)c1nc3ccccc3nc1n2N=Cc1ccc(F)cc1. The second kappa shape index (κ2) is 7.00. The van der Waals surface area contributed by atoms with Gasteiger partial charge in [-0.1, -0.05) is 30.3 Å². The van der Waals surface area contributed by atoms with Gasteiger partial charge in [0.15, 0.2) is 11.3 Å². The Morgan fingerprint density at radius 1 is 1.03 bits per heavy atom. The Kier molecular flexibility index (Phi) is 4.17. The summed E-state index contributed by atoms with van der Waals surface area (Å²) in [4.78, 5) is 26.9. The number of hydrogen-bond acceptors (Lipinski definition) is 5. The molecule has 0 N–H and O–H groups in total. The first-order chi connectivity index (χ1) is 14.7. The zero-order valence-electron chi connectivity index (χ0n) is 15.7. The van der Waals surface area contributed by atoms with Crippen LogP contribution in [0.15, 0.2) is 77.4 Å². The van der Waals surface area contributed by atoms with Crippen molar-refractivity contribution >= 4 is 39.4 Å². The normalized spacial score (nSPS) is 11.8. The minimum atomic E-state index is -0.328. The van der Waals surface area contributed by atoms with Crippen LogP contribution in [0, 0.1) is 5.82 Å². The quantitative estimate of drug-likeness (QED) is 0.343. The van der Waals surface area contributed by atoms with Crippen molar-refractivity contribution in [3.8, 4) is 0 Å². The van der Waals surface area contributed by atoms with E-state index in [1.165, 1.54) is 27.7 Å². The van der Waals surface area contributed by atoms with Crippen molar-refractivity contribution in [2.24, 2.45) is 5.10 Å². The number of hydrogen-bond donors (Lipinski definition) is 0. The average Bonchev–Trinajstić information content (AvgIpc) is 3.07. The fraction of sp³-hybridized carbons (Fsp3) is 0.0455. The van der Waals surface area contributed by atoms with Gasteiger partial charge < -0.3 is 0 Å². The van der Waals surface area contributed by atoms with Gasteiger partial charge in [-0.15, -0.1) is 6.58 Å². The highest BCUT2D eigenvalue weighted by molar-refractivity contribution is 6.04. The van der Waals surface area contributed by atoms with Crippen LogP contribution in [0.25, 0.3) is 33.2 Å². The average molecular weight is 398 g/mol. The lowest BCUT2D eigenvalue weighted by Crippen LogP contribution is -2.19. The molecule has 0 unspecified atom stereocenters. The Bertz CT molecular complexity index is 1510. The zero-order chi connectivity index (χ0) is 20.7. The van der Waals surface area contributed by atoms with E-state index in [9.17, 15) is 9.18 Å². The van der Waals surface area contributed by atoms with E-state index in [0.29, 0.717) is 45.3 Å². The molecular weight excluding hydrogens is 383 g/mol. The van der Waals surface area contributed by atoms with Crippen LogP contribution in [-0.2, 0) is 6.54 Å². The molecule has 0 saturated carbocycles. The third-order valence-electron chi connectivity index (χ3n) is 4.73. The second-order valence-corrected chi connectivity index (χ2v) is 6.68. The topological polar surface area (TPSA) is 78.0 Å². The molecule has 7 nitrogen and oxygen atoms in total. The van der Waals surface area contributed by atoms with Crippen molar-refractivity contribution < 1.29 is 4.39 Å². The first-order valence-corrected chi connectivity index (χ1v) is 9.23. The Morgan fingerprint density at radius 3 is 2.50 bits per heavy atom. The maximum Gasteiger partial charge on any atom is 0.265 e. The lowest BCUT2D eigenvalue weighted by Gasteiger charge is -2.01. The summed E-state index contributed by atoms with van der Waals surface area (Å²) in [5, 5.41) is 4.82. The number of rotatable bonds is 4. The van der Waals surface area contributed by atoms with Gasteiger partial charge in [-0.05, 0) is 29.8 Å². The molecule has 0 bridgehead atoms. The highest BCUT2D eigenvalue weighted by Gasteiger charge is 2.19. The molecule has 0 aliphatic rings. The lowest BCUT2D eigenvalue weighted by atomic mass is 10.2. The minimum absolute atomic E-state index is 0.245. The molecule has 0 spiro atoms. The van der Waals surface area contributed by atoms with E-state index < -0.39 is 0 Å². The predicted octanol–water partition coefficient (Wildman–Crippen LogP) is 3.50. The summed E-state index contributed by atoms with van der Waals surface area (Å²) in [5.74, 6) is -0.328. The molecule has 5 rings (SSSR count). The fourth-order valence-electron chi connectivity index (χ4n) is 3.31. The molecule has 0 atom stereocenters. The maximum atomic E-state index is 13.2. The molecular formula is C22H15FN6O. The van der Waals surface area contributed by atoms with Crippen molar-refractivity contribution in [2.75, 3.05) is 0 Å². The van der Waals surface area contributed by atoms with Crippen LogP contribution in [0.3, 0.4) is 0 Å². The van der Waals surface area contributed by atoms with Crippen molar-refractivity contribution in [2.45, 2.75) is 6.54 Å². The number of allylic oxidation sites excluding steroid dienone is 1. The van der Waals surface area contributed by atoms with Crippen LogP contribution in [-0.4, -0.2) is 30.4 Å². The molecule has 146 valence electrons. The first kappa shape index (κ1) is 17.9. The predicted molar refractivity (Wildman–Crippen MR) is 114 cm³/mol. The van der Waals surface area contributed by atoms with Crippen LogP contribution in [0.5, 0.6) is 0 Å². The van der Waals surface area contributed by atoms with Crippen molar-refractivity contribution in [3.63, 3.8) is 0 Å². The monoisotopic (exact) mass is 398 g/mol. The maximum absolute atomic E-state index is 13.2. The van der Waals surface area contributed by atoms with E-state index in [4.69, 9.17) is 0 Å². The smallest absolute Gasteiger partial charge is 0.265 e. The lowest BCUT2D eigenvalue weighted by molar-refractivity contribution is 0.628. The molecule has 0 aliphatic heterocycles. The molecule has 30 heavy (non-hydrogen) atoms. The van der Waals surface area contributed by atoms with Gasteiger partial charge in [-0.3, -0.25) is 9.36 Å². The van der Waals surface area contributed by atoms with E-state index >= 15 is 0 Å². The van der Waals surface area contributed by atoms with Crippen molar-refractivity contribution in [3.05, 3.63) is 89.2 Å². The van der Waals surface area contributed by atoms with Gasteiger partial charge >= 0.3 is 0 Å². The molecule has 8 heteroatoms. The number of para-hydroxylation sites is 2. The van der Waals surface area contributed by atoms with E-state index in [-0.39, 0.29) is 11.4 Å². The third kappa shape index (κ3) is 2.86. The Morgan fingerprint density at radius 2 is 1.77 bits per heavy atom. The van der Waals surface area contributed by atoms with Gasteiger partial charge in [0, 0.05) is 6.54 Å². The highest BCUT2D eigenvalue weighted by atomic mass is 19.1. The summed E-state index contributed by atoms with van der Waals surface area (Å²) in [6.07, 6.45) is 4.64. The molecule has 0 radical (unpaired) electrons. The molecule has 0 saturated heterocycles. The van der Waals surface area contributed by atoms with Crippen LogP contribution in [0.1, 0.15) is 5.56 Å². The van der Waals surface area contributed by atoms with E-state index in [2.05, 4.69) is 26.6 Å². The molecule has 0 amide bonds. The van der Waals surface area contributed by atoms with Crippen molar-refractivity contribution in [1.82, 2.24) is 24.2 Å². The minimum Gasteiger partial charge on any atom is -0.295 e. The molecule has 3 aromatic heterocycles. The third-order valence-corrected chi connectivity index (χ3v) is 4.73. The molecule has 5 aromatic rings. The Hall–Kier alpha value is -4.20. The summed E-state index contributed by atoms with van der Waals surface area (Å²) in [5.41, 5.74) is 3.00. The summed E-state index contributed by atoms with van der Waals surface area (Å²) < 4.78 is 16.1. The molecule has 0 fully saturated rings. The largest absolute Gasteiger partial charge is 0.295 e. The second-order valence-electron chi connectivity index (χ2n) is 6.68. The number of halogens is 1. The number of fused-ring (bicyclic) bond motifs is 4. The number of nitrogens with zero attached hydrogens (tertiary/aromatic N) is 6. The number of benzene rings is 2. The van der Waals surface area contributed by atoms with E-state index in [0.717, 1.165) is 0 Å². The molecule has 2 aromatic carbocycles. The number of aromatic nitrogens is 5. The van der Waals surface area contributed by atoms with Gasteiger partial charge in [-0.2, -0.15) is 9.78 Å². The summed E-state index contributed by atoms with van der Waals surface area (Å²) in [6, 6.07) is 13.3. The van der Waals surface area contributed by atoms with Crippen LogP contribution in [0.2, 0.25) is 0 Å². The van der Waals surface area contributed by atoms with Crippen LogP contribution >= 0.6 is 0 Å². The van der Waals surface area contributed by atoms with Gasteiger partial charge in [0.05, 0.1) is 17.2 Å². The zero-order valence-corrected chi connectivity index (χ0v) is 15.7. The Labute approximate surface area is 169 Å². The van der Waals surface area contributed by atoms with Gasteiger partial charge in [-0.25, -0.2) is 19.3 Å². The van der Waals surface area contributed by atoms with Crippen LogP contribution in [0.4, 0.5) is 4.39 Å². The standard InChI is InChI=1S/C22H15FN6O/c1-2-11-28-13-24-20-18(22(28)30)19-21(27-17-6-4-3-5-16(17)26-19)29(20)25-12-14-7-9-15(23)10-8-14/h2-10,12-13H,1,11H2. The van der Waals surface area contributed by atoms with E-state index in [1.807, 2.05) is 24.3 Å². The Balaban J connectivity index is 1.83. The summed E-state index contributed by atoms with van der Waals surface area (Å²) in [6.45, 7) is 4.01. The molecule has 3 heterocycles. The summed E-state index contributed by atoms with van der Waals surface area (Å²) in [7, 11) is 0. The molecule has 0 aliphatic carbocycles. The van der Waals surface area contributed by atoms with Gasteiger partial charge in [0.25, 0.3) is 5.56 Å². The first-order valence-electron chi connectivity index (χ1n) is 9.23. The van der Waals surface area contributed by atoms with Crippen LogP contribution < -0.4 is 5.56 Å². The van der Waals surface area contributed by atoms with Crippen molar-refractivity contribution in [1.29, 1.82) is 0 Å². The highest BCUT2D eigenvalue weighted by Crippen LogP contribution is 2.24. The fourth-order valence-corrected chi connectivity index (χ4v) is 3.31. The summed E-state index contributed by atoms with van der Waals surface area (Å²) >= 11 is 0. The van der Waals surface area contributed by atoms with Gasteiger partial charge in [0.2, 0.25) is 0 Å².